The lowest BCUT2D eigenvalue weighted by atomic mass is 9.97. The van der Waals surface area contributed by atoms with Gasteiger partial charge in [0.25, 0.3) is 0 Å². The van der Waals surface area contributed by atoms with Crippen molar-refractivity contribution in [3.05, 3.63) is 224 Å². The van der Waals surface area contributed by atoms with E-state index < -0.39 is 0 Å². The number of thiophene rings is 1. The van der Waals surface area contributed by atoms with Crippen molar-refractivity contribution in [1.82, 2.24) is 0 Å². The van der Waals surface area contributed by atoms with E-state index in [-0.39, 0.29) is 0 Å². The second-order valence-electron chi connectivity index (χ2n) is 14.9. The van der Waals surface area contributed by atoms with Crippen LogP contribution in [0.15, 0.2) is 224 Å². The van der Waals surface area contributed by atoms with Gasteiger partial charge in [0, 0.05) is 36.9 Å². The number of fused-ring (bicyclic) bond motifs is 6. The largest absolute Gasteiger partial charge is 0.310 e. The van der Waals surface area contributed by atoms with E-state index >= 15 is 0 Å². The normalized spacial score (nSPS) is 11.4. The Kier molecular flexibility index (Phi) is 8.42. The monoisotopic (exact) mass is 755 g/mol. The van der Waals surface area contributed by atoms with Crippen molar-refractivity contribution in [2.75, 3.05) is 4.90 Å². The molecule has 0 amide bonds. The lowest BCUT2D eigenvalue weighted by molar-refractivity contribution is 1.30. The van der Waals surface area contributed by atoms with Crippen molar-refractivity contribution in [3.8, 4) is 44.5 Å². The van der Waals surface area contributed by atoms with Gasteiger partial charge in [-0.1, -0.05) is 188 Å². The maximum absolute atomic E-state index is 2.41. The summed E-state index contributed by atoms with van der Waals surface area (Å²) in [6.07, 6.45) is 0. The quantitative estimate of drug-likeness (QED) is 0.146. The highest BCUT2D eigenvalue weighted by Crippen LogP contribution is 2.45. The van der Waals surface area contributed by atoms with E-state index in [1.54, 1.807) is 0 Å². The molecular weight excluding hydrogens is 719 g/mol. The van der Waals surface area contributed by atoms with Crippen LogP contribution in [0.25, 0.3) is 86.2 Å². The average molecular weight is 756 g/mol. The van der Waals surface area contributed by atoms with Gasteiger partial charge in [-0.3, -0.25) is 0 Å². The molecule has 2 heteroatoms. The summed E-state index contributed by atoms with van der Waals surface area (Å²) < 4.78 is 2.66. The molecule has 0 atom stereocenters. The third-order valence-electron chi connectivity index (χ3n) is 11.5. The summed E-state index contributed by atoms with van der Waals surface area (Å²) in [5, 5.41) is 7.58. The number of hydrogen-bond donors (Lipinski definition) is 0. The molecule has 0 radical (unpaired) electrons. The average Bonchev–Trinajstić information content (AvgIpc) is 3.70. The topological polar surface area (TPSA) is 3.24 Å². The first kappa shape index (κ1) is 34.0. The highest BCUT2D eigenvalue weighted by atomic mass is 32.1. The second kappa shape index (κ2) is 14.4. The van der Waals surface area contributed by atoms with Crippen molar-refractivity contribution in [2.24, 2.45) is 0 Å². The standard InChI is InChI=1S/C56H37NS/c1-3-14-38(15-4-1)39-28-32-45(33-29-39)57(54-37-44-18-7-8-21-47(44)50-22-9-10-23-51(50)54)46-34-30-40(31-35-46)42-19-11-20-43(36-42)49-25-13-27-53-52-26-12-24-48(55(52)58-56(49)53)41-16-5-2-6-17-41/h1-37H. The smallest absolute Gasteiger partial charge is 0.0546 e. The predicted octanol–water partition coefficient (Wildman–Crippen LogP) is 16.5. The molecule has 0 fully saturated rings. The minimum absolute atomic E-state index is 1.11. The molecule has 0 bridgehead atoms. The van der Waals surface area contributed by atoms with Gasteiger partial charge in [0.2, 0.25) is 0 Å². The van der Waals surface area contributed by atoms with Gasteiger partial charge in [0.1, 0.15) is 0 Å². The Morgan fingerprint density at radius 2 is 0.724 bits per heavy atom. The Morgan fingerprint density at radius 3 is 1.38 bits per heavy atom. The second-order valence-corrected chi connectivity index (χ2v) is 15.9. The van der Waals surface area contributed by atoms with E-state index in [1.165, 1.54) is 86.2 Å². The first-order valence-electron chi connectivity index (χ1n) is 19.8. The van der Waals surface area contributed by atoms with Crippen LogP contribution in [0, 0.1) is 0 Å². The Bertz CT molecular complexity index is 3250. The molecule has 1 heterocycles. The highest BCUT2D eigenvalue weighted by Gasteiger charge is 2.19. The molecule has 1 aromatic heterocycles. The van der Waals surface area contributed by atoms with Crippen LogP contribution in [-0.2, 0) is 0 Å². The fraction of sp³-hybridized carbons (Fsp3) is 0. The first-order valence-corrected chi connectivity index (χ1v) is 20.7. The number of nitrogens with zero attached hydrogens (tertiary/aromatic N) is 1. The highest BCUT2D eigenvalue weighted by molar-refractivity contribution is 7.26. The number of benzene rings is 10. The Balaban J connectivity index is 1.00. The molecule has 1 nitrogen and oxygen atoms in total. The van der Waals surface area contributed by atoms with E-state index in [0.29, 0.717) is 0 Å². The summed E-state index contributed by atoms with van der Waals surface area (Å²) in [6, 6.07) is 81.7. The van der Waals surface area contributed by atoms with E-state index in [9.17, 15) is 0 Å². The molecule has 0 N–H and O–H groups in total. The summed E-state index contributed by atoms with van der Waals surface area (Å²) >= 11 is 1.90. The third kappa shape index (κ3) is 5.94. The Hall–Kier alpha value is -7.26. The molecule has 10 aromatic carbocycles. The van der Waals surface area contributed by atoms with Gasteiger partial charge in [0.05, 0.1) is 5.69 Å². The molecule has 0 saturated heterocycles. The van der Waals surface area contributed by atoms with Gasteiger partial charge in [0.15, 0.2) is 0 Å². The summed E-state index contributed by atoms with van der Waals surface area (Å²) in [6.45, 7) is 0. The molecule has 0 spiro atoms. The summed E-state index contributed by atoms with van der Waals surface area (Å²) in [5.41, 5.74) is 13.2. The SMILES string of the molecule is c1ccc(-c2ccc(N(c3ccc(-c4cccc(-c5cccc6c5sc5c(-c7ccccc7)cccc56)c4)cc3)c3cc4ccccc4c4ccccc34)cc2)cc1. The zero-order valence-electron chi connectivity index (χ0n) is 31.7. The van der Waals surface area contributed by atoms with Crippen LogP contribution in [0.5, 0.6) is 0 Å². The fourth-order valence-electron chi connectivity index (χ4n) is 8.64. The van der Waals surface area contributed by atoms with Crippen LogP contribution in [0.2, 0.25) is 0 Å². The van der Waals surface area contributed by atoms with Gasteiger partial charge in [-0.25, -0.2) is 0 Å². The number of hydrogen-bond acceptors (Lipinski definition) is 2. The van der Waals surface area contributed by atoms with Gasteiger partial charge in [-0.05, 0) is 97.1 Å². The minimum Gasteiger partial charge on any atom is -0.310 e. The van der Waals surface area contributed by atoms with Gasteiger partial charge in [-0.2, -0.15) is 0 Å². The van der Waals surface area contributed by atoms with Crippen LogP contribution in [0.1, 0.15) is 0 Å². The molecule has 11 rings (SSSR count). The Morgan fingerprint density at radius 1 is 0.276 bits per heavy atom. The molecule has 0 aliphatic rings. The lowest BCUT2D eigenvalue weighted by Crippen LogP contribution is -2.10. The number of anilines is 3. The van der Waals surface area contributed by atoms with E-state index in [2.05, 4.69) is 229 Å². The van der Waals surface area contributed by atoms with E-state index in [0.717, 1.165) is 17.1 Å². The van der Waals surface area contributed by atoms with Crippen LogP contribution in [0.3, 0.4) is 0 Å². The van der Waals surface area contributed by atoms with Crippen LogP contribution >= 0.6 is 11.3 Å². The van der Waals surface area contributed by atoms with Crippen molar-refractivity contribution in [2.45, 2.75) is 0 Å². The fourth-order valence-corrected chi connectivity index (χ4v) is 10.0. The van der Waals surface area contributed by atoms with Gasteiger partial charge in [-0.15, -0.1) is 11.3 Å². The van der Waals surface area contributed by atoms with Gasteiger partial charge >= 0.3 is 0 Å². The molecule has 0 aliphatic heterocycles. The first-order chi connectivity index (χ1) is 28.8. The van der Waals surface area contributed by atoms with E-state index in [4.69, 9.17) is 0 Å². The molecule has 0 saturated carbocycles. The molecule has 0 unspecified atom stereocenters. The van der Waals surface area contributed by atoms with Crippen molar-refractivity contribution >= 4 is 70.1 Å². The molecule has 58 heavy (non-hydrogen) atoms. The van der Waals surface area contributed by atoms with Crippen molar-refractivity contribution in [3.63, 3.8) is 0 Å². The molecule has 11 aromatic rings. The molecular formula is C56H37NS. The predicted molar refractivity (Wildman–Crippen MR) is 251 cm³/mol. The number of rotatable bonds is 7. The lowest BCUT2D eigenvalue weighted by Gasteiger charge is -2.28. The summed E-state index contributed by atoms with van der Waals surface area (Å²) in [4.78, 5) is 2.41. The maximum Gasteiger partial charge on any atom is 0.0546 e. The van der Waals surface area contributed by atoms with Crippen LogP contribution in [-0.4, -0.2) is 0 Å². The zero-order valence-corrected chi connectivity index (χ0v) is 32.5. The molecule has 272 valence electrons. The van der Waals surface area contributed by atoms with Crippen LogP contribution in [0.4, 0.5) is 17.1 Å². The summed E-state index contributed by atoms with van der Waals surface area (Å²) in [5.74, 6) is 0. The van der Waals surface area contributed by atoms with Crippen molar-refractivity contribution < 1.29 is 0 Å². The van der Waals surface area contributed by atoms with Gasteiger partial charge < -0.3 is 4.90 Å². The third-order valence-corrected chi connectivity index (χ3v) is 12.7. The summed E-state index contributed by atoms with van der Waals surface area (Å²) in [7, 11) is 0. The van der Waals surface area contributed by atoms with E-state index in [1.807, 2.05) is 11.3 Å². The minimum atomic E-state index is 1.11. The molecule has 0 aliphatic carbocycles. The Labute approximate surface area is 342 Å². The maximum atomic E-state index is 2.41. The zero-order chi connectivity index (χ0) is 38.4. The van der Waals surface area contributed by atoms with Crippen molar-refractivity contribution in [1.29, 1.82) is 0 Å². The van der Waals surface area contributed by atoms with Crippen LogP contribution < -0.4 is 4.90 Å².